The van der Waals surface area contributed by atoms with Crippen LogP contribution in [0.1, 0.15) is 11.1 Å². The van der Waals surface area contributed by atoms with Crippen molar-refractivity contribution in [2.75, 3.05) is 10.6 Å². The molecule has 0 aliphatic carbocycles. The molecule has 6 aromatic carbocycles. The Bertz CT molecular complexity index is 4140. The van der Waals surface area contributed by atoms with Gasteiger partial charge in [0.25, 0.3) is 20.2 Å². The van der Waals surface area contributed by atoms with Gasteiger partial charge in [0.15, 0.2) is 0 Å². The molecule has 32 heteroatoms. The standard InChI is InChI=1S/C50H34N22O6S4/c73-81(74,75)37-27-31(51-49-53-39(45-57-61-65-69(45)33-13-5-1-6-14-33)43(79)40(54-49)46-58-62-66-70(46)34-15-7-2-8-16-34)25-23-29(37)21-22-30-24-26-32(28-38(30)82(76,77)78)52-50-55-41(47-59-63-67-71(47)35-17-9-3-10-18-35)44(80)42(56-50)48-60-64-68-72(48)36-19-11-4-12-20-36/h1-28,79-80H,(H,51,53,54)(H,52,55,56)(H,73,74,75)(H,76,77,78). The summed E-state index contributed by atoms with van der Waals surface area (Å²) in [5.41, 5.74) is 2.82. The Morgan fingerprint density at radius 2 is 0.659 bits per heavy atom. The van der Waals surface area contributed by atoms with Crippen molar-refractivity contribution in [1.29, 1.82) is 0 Å². The van der Waals surface area contributed by atoms with Crippen LogP contribution in [-0.4, -0.2) is 127 Å². The molecule has 0 unspecified atom stereocenters. The van der Waals surface area contributed by atoms with E-state index in [1.54, 1.807) is 97.1 Å². The summed E-state index contributed by atoms with van der Waals surface area (Å²) < 4.78 is 79.6. The average Bonchev–Trinajstić information content (AvgIpc) is 4.51. The molecule has 12 rings (SSSR count). The number of aromatic nitrogens is 20. The van der Waals surface area contributed by atoms with Gasteiger partial charge in [-0.05, 0) is 126 Å². The van der Waals surface area contributed by atoms with Crippen LogP contribution in [-0.2, 0) is 20.2 Å². The average molecular weight is 1170 g/mol. The molecule has 0 saturated carbocycles. The summed E-state index contributed by atoms with van der Waals surface area (Å²) >= 11 is 9.68. The summed E-state index contributed by atoms with van der Waals surface area (Å²) in [6.45, 7) is 0. The van der Waals surface area contributed by atoms with Gasteiger partial charge in [-0.2, -0.15) is 35.6 Å². The van der Waals surface area contributed by atoms with Crippen LogP contribution < -0.4 is 10.6 Å². The lowest BCUT2D eigenvalue weighted by Gasteiger charge is -2.14. The Kier molecular flexibility index (Phi) is 13.8. The van der Waals surface area contributed by atoms with E-state index in [4.69, 9.17) is 45.2 Å². The SMILES string of the molecule is O=S(=O)(O)c1cc(Nc2nc(-c3nnnn3-c3ccccc3)c(S)c(-c3nnnn3-c3ccccc3)n2)ccc1C=Cc1ccc(Nc2nc(-c3nnnn3-c3ccccc3)c(S)c(-c3nnnn3-c3ccccc3)n2)cc1S(=O)(=O)O. The minimum absolute atomic E-state index is 0.0700. The van der Waals surface area contributed by atoms with Crippen LogP contribution in [0.5, 0.6) is 0 Å². The summed E-state index contributed by atoms with van der Waals surface area (Å²) in [6, 6.07) is 43.8. The first-order valence-corrected chi connectivity index (χ1v) is 27.6. The van der Waals surface area contributed by atoms with Gasteiger partial charge in [0.05, 0.1) is 32.5 Å². The van der Waals surface area contributed by atoms with Crippen LogP contribution >= 0.6 is 25.3 Å². The van der Waals surface area contributed by atoms with Crippen LogP contribution in [0.4, 0.5) is 23.3 Å². The van der Waals surface area contributed by atoms with Crippen LogP contribution in [0.25, 0.3) is 81.0 Å². The molecule has 6 aromatic heterocycles. The Labute approximate surface area is 473 Å². The first-order chi connectivity index (χ1) is 39.7. The fraction of sp³-hybridized carbons (Fsp3) is 0. The highest BCUT2D eigenvalue weighted by Crippen LogP contribution is 2.37. The maximum atomic E-state index is 13.1. The van der Waals surface area contributed by atoms with E-state index in [1.165, 1.54) is 55.1 Å². The molecule has 0 aliphatic rings. The zero-order chi connectivity index (χ0) is 56.5. The molecule has 0 aliphatic heterocycles. The fourth-order valence-corrected chi connectivity index (χ4v) is 10.4. The van der Waals surface area contributed by atoms with E-state index in [2.05, 4.69) is 72.7 Å². The topological polar surface area (TPSA) is 359 Å². The molecule has 4 N–H and O–H groups in total. The molecule has 12 aromatic rings. The van der Waals surface area contributed by atoms with E-state index >= 15 is 0 Å². The largest absolute Gasteiger partial charge is 0.324 e. The van der Waals surface area contributed by atoms with E-state index in [-0.39, 0.29) is 90.3 Å². The first kappa shape index (κ1) is 52.3. The Morgan fingerprint density at radius 3 is 0.915 bits per heavy atom. The van der Waals surface area contributed by atoms with Gasteiger partial charge in [0, 0.05) is 11.4 Å². The Morgan fingerprint density at radius 1 is 0.390 bits per heavy atom. The zero-order valence-corrected chi connectivity index (χ0v) is 44.8. The van der Waals surface area contributed by atoms with Crippen molar-refractivity contribution in [2.45, 2.75) is 19.6 Å². The van der Waals surface area contributed by atoms with Crippen molar-refractivity contribution >= 4 is 80.9 Å². The quantitative estimate of drug-likeness (QED) is 0.0338. The molecule has 82 heavy (non-hydrogen) atoms. The van der Waals surface area contributed by atoms with Gasteiger partial charge in [0.2, 0.25) is 35.2 Å². The van der Waals surface area contributed by atoms with Crippen LogP contribution in [0, 0.1) is 0 Å². The number of hydrogen-bond donors (Lipinski definition) is 6. The minimum atomic E-state index is -5.01. The molecular formula is C50H34N22O6S4. The lowest BCUT2D eigenvalue weighted by molar-refractivity contribution is 0.480. The first-order valence-electron chi connectivity index (χ1n) is 23.8. The lowest BCUT2D eigenvalue weighted by Crippen LogP contribution is -2.09. The molecule has 28 nitrogen and oxygen atoms in total. The highest BCUT2D eigenvalue weighted by atomic mass is 32.2. The van der Waals surface area contributed by atoms with Crippen LogP contribution in [0.15, 0.2) is 177 Å². The zero-order valence-electron chi connectivity index (χ0n) is 41.3. The van der Waals surface area contributed by atoms with Crippen LogP contribution in [0.2, 0.25) is 0 Å². The summed E-state index contributed by atoms with van der Waals surface area (Å²) in [6.07, 6.45) is 2.47. The number of nitrogens with zero attached hydrogens (tertiary/aromatic N) is 20. The van der Waals surface area contributed by atoms with Crippen molar-refractivity contribution in [2.24, 2.45) is 0 Å². The van der Waals surface area contributed by atoms with Gasteiger partial charge >= 0.3 is 0 Å². The van der Waals surface area contributed by atoms with Gasteiger partial charge < -0.3 is 10.6 Å². The summed E-state index contributed by atoms with van der Waals surface area (Å²) in [5.74, 6) is 0.348. The van der Waals surface area contributed by atoms with Crippen molar-refractivity contribution in [3.05, 3.63) is 169 Å². The van der Waals surface area contributed by atoms with Crippen molar-refractivity contribution in [3.63, 3.8) is 0 Å². The van der Waals surface area contributed by atoms with Gasteiger partial charge in [-0.25, -0.2) is 19.9 Å². The van der Waals surface area contributed by atoms with E-state index in [9.17, 15) is 25.9 Å². The molecule has 0 saturated heterocycles. The highest BCUT2D eigenvalue weighted by Gasteiger charge is 2.28. The predicted octanol–water partition coefficient (Wildman–Crippen LogP) is 6.57. The molecule has 0 bridgehead atoms. The van der Waals surface area contributed by atoms with Crippen LogP contribution in [0.3, 0.4) is 0 Å². The molecular weight excluding hydrogens is 1130 g/mol. The normalized spacial score (nSPS) is 11.8. The number of nitrogens with one attached hydrogen (secondary N) is 2. The maximum Gasteiger partial charge on any atom is 0.295 e. The second-order valence-corrected chi connectivity index (χ2v) is 20.9. The molecule has 0 amide bonds. The summed E-state index contributed by atoms with van der Waals surface area (Å²) in [5, 5.41) is 55.3. The highest BCUT2D eigenvalue weighted by molar-refractivity contribution is 7.86. The van der Waals surface area contributed by atoms with E-state index in [0.717, 1.165) is 12.1 Å². The van der Waals surface area contributed by atoms with Gasteiger partial charge in [-0.3, -0.25) is 9.11 Å². The third-order valence-corrected chi connectivity index (χ3v) is 14.7. The molecule has 6 heterocycles. The molecule has 0 fully saturated rings. The van der Waals surface area contributed by atoms with Gasteiger partial charge in [-0.1, -0.05) is 97.1 Å². The second kappa shape index (κ2) is 21.7. The lowest BCUT2D eigenvalue weighted by atomic mass is 10.1. The summed E-state index contributed by atoms with van der Waals surface area (Å²) in [4.78, 5) is 18.0. The molecule has 0 radical (unpaired) electrons. The third-order valence-electron chi connectivity index (χ3n) is 12.0. The molecule has 0 spiro atoms. The molecule has 0 atom stereocenters. The van der Waals surface area contributed by atoms with Crippen molar-refractivity contribution in [1.82, 2.24) is 101 Å². The van der Waals surface area contributed by atoms with E-state index in [1.807, 2.05) is 24.3 Å². The monoisotopic (exact) mass is 1170 g/mol. The number of anilines is 4. The third kappa shape index (κ3) is 10.5. The Balaban J connectivity index is 0.892. The van der Waals surface area contributed by atoms with Crippen molar-refractivity contribution in [3.8, 4) is 68.8 Å². The predicted molar refractivity (Wildman–Crippen MR) is 299 cm³/mol. The number of rotatable bonds is 16. The van der Waals surface area contributed by atoms with Gasteiger partial charge in [0.1, 0.15) is 32.6 Å². The number of para-hydroxylation sites is 4. The number of benzene rings is 6. The number of tetrazole rings is 4. The smallest absolute Gasteiger partial charge is 0.295 e. The van der Waals surface area contributed by atoms with Gasteiger partial charge in [-0.15, -0.1) is 45.7 Å². The second-order valence-electron chi connectivity index (χ2n) is 17.2. The molecule has 404 valence electrons. The van der Waals surface area contributed by atoms with Crippen molar-refractivity contribution < 1.29 is 25.9 Å². The van der Waals surface area contributed by atoms with E-state index < -0.39 is 30.0 Å². The maximum absolute atomic E-state index is 13.1. The minimum Gasteiger partial charge on any atom is -0.324 e. The number of thiol groups is 2. The summed E-state index contributed by atoms with van der Waals surface area (Å²) in [7, 11) is -10.0. The fourth-order valence-electron chi connectivity index (χ4n) is 8.34. The Hall–Kier alpha value is -10.4. The van der Waals surface area contributed by atoms with E-state index in [0.29, 0.717) is 22.7 Å². The number of hydrogen-bond acceptors (Lipinski definition) is 24.